The summed E-state index contributed by atoms with van der Waals surface area (Å²) < 4.78 is 5.89. The zero-order valence-electron chi connectivity index (χ0n) is 5.31. The first-order valence-electron chi connectivity index (χ1n) is 2.63. The topological polar surface area (TPSA) is 26.3 Å². The molecular weight excluding hydrogens is 295 g/mol. The van der Waals surface area contributed by atoms with Crippen LogP contribution in [0, 0.1) is 0 Å². The van der Waals surface area contributed by atoms with Gasteiger partial charge >= 0.3 is 65.5 Å². The van der Waals surface area contributed by atoms with Gasteiger partial charge in [0.25, 0.3) is 0 Å². The summed E-state index contributed by atoms with van der Waals surface area (Å²) in [5, 5.41) is 0. The van der Waals surface area contributed by atoms with Crippen molar-refractivity contribution < 1.29 is 35.7 Å². The Balaban J connectivity index is 3.24. The summed E-state index contributed by atoms with van der Waals surface area (Å²) in [4.78, 5) is 10.2. The quantitative estimate of drug-likeness (QED) is 0.560. The third-order valence-corrected chi connectivity index (χ3v) is 3.93. The van der Waals surface area contributed by atoms with Crippen LogP contribution in [0.3, 0.4) is 0 Å². The summed E-state index contributed by atoms with van der Waals surface area (Å²) in [7, 11) is 0. The zero-order chi connectivity index (χ0) is 6.57. The molecule has 0 spiro atoms. The second-order valence-electron chi connectivity index (χ2n) is 1.71. The Bertz CT molecular complexity index is 82.5. The Morgan fingerprint density at radius 2 is 2.38 bits per heavy atom. The third-order valence-electron chi connectivity index (χ3n) is 0.774. The molecule has 0 aromatic carbocycles. The van der Waals surface area contributed by atoms with Crippen LogP contribution in [0.15, 0.2) is 0 Å². The summed E-state index contributed by atoms with van der Waals surface area (Å²) in [6.45, 7) is 3.37. The SMILES string of the molecule is CC(=O)OC(C)[CH2][203Hg+]. The molecule has 0 bridgehead atoms. The standard InChI is InChI=1S/C5H9O2.Hg/c1-4(2)7-5(3)6;/h4H,1H2,2-3H3;/q;+1/i;1+2. The maximum absolute atomic E-state index is 10.2. The van der Waals surface area contributed by atoms with Gasteiger partial charge in [-0.2, -0.15) is 0 Å². The molecule has 0 rings (SSSR count). The molecule has 0 N–H and O–H groups in total. The van der Waals surface area contributed by atoms with Crippen LogP contribution < -0.4 is 0 Å². The maximum atomic E-state index is 10.2. The van der Waals surface area contributed by atoms with Crippen LogP contribution in [0.25, 0.3) is 0 Å². The second kappa shape index (κ2) is 4.30. The van der Waals surface area contributed by atoms with E-state index in [1.807, 2.05) is 6.92 Å². The first-order chi connectivity index (χ1) is 3.66. The number of hydrogen-bond acceptors (Lipinski definition) is 2. The van der Waals surface area contributed by atoms with Crippen molar-refractivity contribution in [2.45, 2.75) is 23.9 Å². The molecule has 0 aliphatic carbocycles. The van der Waals surface area contributed by atoms with Crippen molar-refractivity contribution in [1.29, 1.82) is 0 Å². The number of carbonyl (C=O) groups excluding carboxylic acids is 1. The monoisotopic (exact) mass is 304 g/mol. The van der Waals surface area contributed by atoms with Crippen molar-refractivity contribution >= 4 is 5.97 Å². The van der Waals surface area contributed by atoms with E-state index in [4.69, 9.17) is 4.74 Å². The number of carbonyl (C=O) groups is 1. The van der Waals surface area contributed by atoms with Crippen LogP contribution in [0.4, 0.5) is 0 Å². The molecule has 0 fully saturated rings. The van der Waals surface area contributed by atoms with Crippen LogP contribution in [-0.4, -0.2) is 12.1 Å². The fourth-order valence-corrected chi connectivity index (χ4v) is 0.800. The Morgan fingerprint density at radius 3 is 2.50 bits per heavy atom. The van der Waals surface area contributed by atoms with E-state index in [9.17, 15) is 4.79 Å². The van der Waals surface area contributed by atoms with Crippen molar-refractivity contribution in [3.05, 3.63) is 0 Å². The number of rotatable bonds is 2. The van der Waals surface area contributed by atoms with Crippen LogP contribution in [0.1, 0.15) is 13.8 Å². The van der Waals surface area contributed by atoms with Crippen LogP contribution in [-0.2, 0) is 35.7 Å². The van der Waals surface area contributed by atoms with Gasteiger partial charge in [-0.15, -0.1) is 0 Å². The van der Waals surface area contributed by atoms with E-state index in [0.29, 0.717) is 0 Å². The van der Waals surface area contributed by atoms with Gasteiger partial charge in [0.05, 0.1) is 0 Å². The molecule has 0 aliphatic heterocycles. The predicted octanol–water partition coefficient (Wildman–Crippen LogP) is 0.903. The average molecular weight is 304 g/mol. The molecule has 0 radical (unpaired) electrons. The number of hydrogen-bond donors (Lipinski definition) is 0. The average Bonchev–Trinajstić information content (AvgIpc) is 1.65. The second-order valence-corrected chi connectivity index (χ2v) is 3.95. The van der Waals surface area contributed by atoms with Crippen LogP contribution in [0.2, 0.25) is 3.93 Å². The third kappa shape index (κ3) is 4.56. The normalized spacial score (nSPS) is 13.0. The molecule has 8 heavy (non-hydrogen) atoms. The minimum atomic E-state index is -0.164. The molecule has 0 aromatic rings. The fourth-order valence-electron chi connectivity index (χ4n) is 0.342. The fraction of sp³-hybridized carbons (Fsp3) is 0.800. The van der Waals surface area contributed by atoms with Gasteiger partial charge in [-0.3, -0.25) is 0 Å². The van der Waals surface area contributed by atoms with Gasteiger partial charge < -0.3 is 0 Å². The van der Waals surface area contributed by atoms with E-state index in [2.05, 4.69) is 0 Å². The molecule has 0 aliphatic rings. The molecule has 3 heteroatoms. The molecule has 42 valence electrons. The molecule has 2 nitrogen and oxygen atoms in total. The molecule has 1 unspecified atom stereocenters. The molecule has 0 heterocycles. The zero-order valence-corrected chi connectivity index (χ0v) is 10.8. The number of ether oxygens (including phenoxy) is 1. The van der Waals surface area contributed by atoms with Gasteiger partial charge in [-0.1, -0.05) is 0 Å². The predicted molar refractivity (Wildman–Crippen MR) is 26.0 cm³/mol. The first kappa shape index (κ1) is 8.41. The Labute approximate surface area is 65.6 Å². The Morgan fingerprint density at radius 1 is 1.88 bits per heavy atom. The molecular formula is C5H9HgO2+. The summed E-state index contributed by atoms with van der Waals surface area (Å²) in [6, 6.07) is 0. The van der Waals surface area contributed by atoms with Gasteiger partial charge in [0.15, 0.2) is 0 Å². The van der Waals surface area contributed by atoms with Crippen molar-refractivity contribution in [2.75, 3.05) is 0 Å². The van der Waals surface area contributed by atoms with E-state index in [1.165, 1.54) is 6.92 Å². The van der Waals surface area contributed by atoms with E-state index in [1.54, 1.807) is 0 Å². The minimum absolute atomic E-state index is 0.163. The molecule has 0 aromatic heterocycles. The Hall–Kier alpha value is 0.405. The Kier molecular flexibility index (Phi) is 4.52. The molecule has 0 amide bonds. The van der Waals surface area contributed by atoms with E-state index < -0.39 is 0 Å². The van der Waals surface area contributed by atoms with E-state index in [-0.39, 0.29) is 12.1 Å². The first-order valence-corrected chi connectivity index (χ1v) is 6.52. The van der Waals surface area contributed by atoms with Crippen LogP contribution in [0.5, 0.6) is 0 Å². The van der Waals surface area contributed by atoms with Crippen molar-refractivity contribution in [1.82, 2.24) is 0 Å². The van der Waals surface area contributed by atoms with Gasteiger partial charge in [0.2, 0.25) is 0 Å². The van der Waals surface area contributed by atoms with Crippen LogP contribution >= 0.6 is 0 Å². The summed E-state index contributed by atoms with van der Waals surface area (Å²) >= 11 is 0.750. The van der Waals surface area contributed by atoms with Gasteiger partial charge in [-0.05, 0) is 0 Å². The summed E-state index contributed by atoms with van der Waals surface area (Å²) in [5.74, 6) is -0.164. The van der Waals surface area contributed by atoms with Gasteiger partial charge in [0.1, 0.15) is 0 Å². The van der Waals surface area contributed by atoms with Crippen molar-refractivity contribution in [2.24, 2.45) is 0 Å². The van der Waals surface area contributed by atoms with Gasteiger partial charge in [0, 0.05) is 0 Å². The van der Waals surface area contributed by atoms with Gasteiger partial charge in [-0.25, -0.2) is 0 Å². The molecule has 1 atom stereocenters. The molecule has 0 saturated carbocycles. The molecule has 0 saturated heterocycles. The van der Waals surface area contributed by atoms with E-state index >= 15 is 0 Å². The van der Waals surface area contributed by atoms with Crippen molar-refractivity contribution in [3.8, 4) is 0 Å². The summed E-state index contributed by atoms with van der Waals surface area (Å²) in [6.07, 6.45) is 0.163. The summed E-state index contributed by atoms with van der Waals surface area (Å²) in [5.41, 5.74) is 0. The van der Waals surface area contributed by atoms with Crippen molar-refractivity contribution in [3.63, 3.8) is 0 Å². The van der Waals surface area contributed by atoms with E-state index in [0.717, 1.165) is 30.1 Å². The number of esters is 1.